The van der Waals surface area contributed by atoms with E-state index in [4.69, 9.17) is 17.0 Å². The number of methoxy groups -OCH3 is 1. The van der Waals surface area contributed by atoms with E-state index in [9.17, 15) is 0 Å². The Morgan fingerprint density at radius 2 is 2.17 bits per heavy atom. The lowest BCUT2D eigenvalue weighted by Crippen LogP contribution is -2.09. The number of hydrogen-bond donors (Lipinski definition) is 1. The molecule has 4 nitrogen and oxygen atoms in total. The van der Waals surface area contributed by atoms with Gasteiger partial charge in [0.2, 0.25) is 0 Å². The average molecular weight is 263 g/mol. The van der Waals surface area contributed by atoms with Crippen LogP contribution in [0.1, 0.15) is 17.0 Å². The summed E-state index contributed by atoms with van der Waals surface area (Å²) in [7, 11) is 1.69. The molecule has 0 saturated carbocycles. The number of benzene rings is 1. The Morgan fingerprint density at radius 1 is 1.39 bits per heavy atom. The molecule has 0 fully saturated rings. The molecular formula is C13H17N3OS. The second-order valence-electron chi connectivity index (χ2n) is 4.19. The zero-order chi connectivity index (χ0) is 13.0. The standard InChI is InChI=1S/C13H17N3OS/c1-10-5-3-4-6-11(10)9-12-14-15-13(18)16(12)7-8-17-2/h3-6H,7-9H2,1-2H3,(H,15,18). The molecule has 1 heterocycles. The van der Waals surface area contributed by atoms with Gasteiger partial charge in [-0.25, -0.2) is 0 Å². The molecule has 0 spiro atoms. The van der Waals surface area contributed by atoms with Gasteiger partial charge in [-0.05, 0) is 30.3 Å². The van der Waals surface area contributed by atoms with Crippen molar-refractivity contribution in [2.45, 2.75) is 19.9 Å². The molecule has 0 aliphatic rings. The number of hydrogen-bond acceptors (Lipinski definition) is 3. The Bertz CT molecular complexity index is 574. The Hall–Kier alpha value is -1.46. The molecule has 5 heteroatoms. The first-order valence-corrected chi connectivity index (χ1v) is 6.30. The predicted octanol–water partition coefficient (Wildman–Crippen LogP) is 2.49. The van der Waals surface area contributed by atoms with E-state index in [1.54, 1.807) is 7.11 Å². The van der Waals surface area contributed by atoms with Crippen molar-refractivity contribution >= 4 is 12.2 Å². The van der Waals surface area contributed by atoms with Gasteiger partial charge < -0.3 is 9.30 Å². The highest BCUT2D eigenvalue weighted by atomic mass is 32.1. The summed E-state index contributed by atoms with van der Waals surface area (Å²) in [5.41, 5.74) is 2.54. The number of nitrogens with one attached hydrogen (secondary N) is 1. The van der Waals surface area contributed by atoms with Crippen LogP contribution in [0.5, 0.6) is 0 Å². The van der Waals surface area contributed by atoms with Gasteiger partial charge in [0.1, 0.15) is 5.82 Å². The fourth-order valence-electron chi connectivity index (χ4n) is 1.88. The Balaban J connectivity index is 2.24. The molecular weight excluding hydrogens is 246 g/mol. The van der Waals surface area contributed by atoms with Crippen LogP contribution in [0.4, 0.5) is 0 Å². The van der Waals surface area contributed by atoms with Crippen LogP contribution in [-0.2, 0) is 17.7 Å². The molecule has 1 aromatic carbocycles. The van der Waals surface area contributed by atoms with Crippen molar-refractivity contribution in [3.8, 4) is 0 Å². The largest absolute Gasteiger partial charge is 0.383 e. The Labute approximate surface area is 112 Å². The maximum absolute atomic E-state index is 5.22. The van der Waals surface area contributed by atoms with Crippen molar-refractivity contribution in [3.05, 3.63) is 46.0 Å². The van der Waals surface area contributed by atoms with Crippen LogP contribution in [0, 0.1) is 11.7 Å². The van der Waals surface area contributed by atoms with Crippen molar-refractivity contribution in [2.75, 3.05) is 13.7 Å². The van der Waals surface area contributed by atoms with Crippen LogP contribution in [0.25, 0.3) is 0 Å². The summed E-state index contributed by atoms with van der Waals surface area (Å²) >= 11 is 5.22. The number of aromatic nitrogens is 3. The number of aromatic amines is 1. The van der Waals surface area contributed by atoms with Gasteiger partial charge in [0.15, 0.2) is 4.77 Å². The van der Waals surface area contributed by atoms with Crippen LogP contribution < -0.4 is 0 Å². The lowest BCUT2D eigenvalue weighted by atomic mass is 10.1. The number of H-pyrrole nitrogens is 1. The Morgan fingerprint density at radius 3 is 2.89 bits per heavy atom. The van der Waals surface area contributed by atoms with E-state index in [0.29, 0.717) is 11.4 Å². The first-order valence-electron chi connectivity index (χ1n) is 5.90. The molecule has 0 aliphatic carbocycles. The van der Waals surface area contributed by atoms with E-state index in [1.165, 1.54) is 11.1 Å². The summed E-state index contributed by atoms with van der Waals surface area (Å²) in [5.74, 6) is 0.950. The van der Waals surface area contributed by atoms with Crippen molar-refractivity contribution in [1.29, 1.82) is 0 Å². The molecule has 2 aromatic rings. The minimum Gasteiger partial charge on any atom is -0.383 e. The third kappa shape index (κ3) is 2.86. The Kier molecular flexibility index (Phi) is 4.28. The van der Waals surface area contributed by atoms with E-state index in [1.807, 2.05) is 16.7 Å². The zero-order valence-electron chi connectivity index (χ0n) is 10.6. The van der Waals surface area contributed by atoms with Crippen molar-refractivity contribution < 1.29 is 4.74 Å². The van der Waals surface area contributed by atoms with Crippen LogP contribution in [0.15, 0.2) is 24.3 Å². The summed E-state index contributed by atoms with van der Waals surface area (Å²) in [6.45, 7) is 3.47. The number of nitrogens with zero attached hydrogens (tertiary/aromatic N) is 2. The van der Waals surface area contributed by atoms with E-state index in [2.05, 4.69) is 29.3 Å². The average Bonchev–Trinajstić information content (AvgIpc) is 2.71. The second kappa shape index (κ2) is 5.93. The number of rotatable bonds is 5. The number of ether oxygens (including phenoxy) is 1. The molecule has 0 aliphatic heterocycles. The molecule has 18 heavy (non-hydrogen) atoms. The van der Waals surface area contributed by atoms with Gasteiger partial charge in [-0.1, -0.05) is 24.3 Å². The van der Waals surface area contributed by atoms with Crippen LogP contribution in [-0.4, -0.2) is 28.5 Å². The maximum Gasteiger partial charge on any atom is 0.195 e. The summed E-state index contributed by atoms with van der Waals surface area (Å²) in [6.07, 6.45) is 0.781. The topological polar surface area (TPSA) is 42.8 Å². The number of aryl methyl sites for hydroxylation is 1. The van der Waals surface area contributed by atoms with Gasteiger partial charge in [-0.3, -0.25) is 5.10 Å². The van der Waals surface area contributed by atoms with E-state index in [-0.39, 0.29) is 0 Å². The molecule has 0 bridgehead atoms. The highest BCUT2D eigenvalue weighted by Gasteiger charge is 2.08. The summed E-state index contributed by atoms with van der Waals surface area (Å²) < 4.78 is 7.73. The van der Waals surface area contributed by atoms with E-state index >= 15 is 0 Å². The fraction of sp³-hybridized carbons (Fsp3) is 0.385. The molecule has 0 radical (unpaired) electrons. The highest BCUT2D eigenvalue weighted by molar-refractivity contribution is 7.71. The molecule has 1 aromatic heterocycles. The first kappa shape index (κ1) is 13.0. The van der Waals surface area contributed by atoms with E-state index < -0.39 is 0 Å². The monoisotopic (exact) mass is 263 g/mol. The molecule has 0 amide bonds. The summed E-state index contributed by atoms with van der Waals surface area (Å²) in [6, 6.07) is 8.31. The predicted molar refractivity (Wildman–Crippen MR) is 73.3 cm³/mol. The third-order valence-corrected chi connectivity index (χ3v) is 3.28. The molecule has 0 saturated heterocycles. The van der Waals surface area contributed by atoms with Gasteiger partial charge in [-0.15, -0.1) is 0 Å². The molecule has 0 unspecified atom stereocenters. The highest BCUT2D eigenvalue weighted by Crippen LogP contribution is 2.12. The lowest BCUT2D eigenvalue weighted by Gasteiger charge is -2.07. The summed E-state index contributed by atoms with van der Waals surface area (Å²) in [5, 5.41) is 7.14. The normalized spacial score (nSPS) is 10.8. The molecule has 2 rings (SSSR count). The van der Waals surface area contributed by atoms with Gasteiger partial charge in [0.25, 0.3) is 0 Å². The molecule has 96 valence electrons. The zero-order valence-corrected chi connectivity index (χ0v) is 11.5. The molecule has 0 atom stereocenters. The smallest absolute Gasteiger partial charge is 0.195 e. The first-order chi connectivity index (χ1) is 8.72. The van der Waals surface area contributed by atoms with Crippen molar-refractivity contribution in [3.63, 3.8) is 0 Å². The van der Waals surface area contributed by atoms with Crippen LogP contribution >= 0.6 is 12.2 Å². The minimum absolute atomic E-state index is 0.634. The van der Waals surface area contributed by atoms with Gasteiger partial charge in [-0.2, -0.15) is 5.10 Å². The maximum atomic E-state index is 5.22. The second-order valence-corrected chi connectivity index (χ2v) is 4.58. The van der Waals surface area contributed by atoms with Gasteiger partial charge in [0.05, 0.1) is 6.61 Å². The van der Waals surface area contributed by atoms with Crippen LogP contribution in [0.2, 0.25) is 0 Å². The van der Waals surface area contributed by atoms with Gasteiger partial charge >= 0.3 is 0 Å². The van der Waals surface area contributed by atoms with Crippen molar-refractivity contribution in [1.82, 2.24) is 14.8 Å². The summed E-state index contributed by atoms with van der Waals surface area (Å²) in [4.78, 5) is 0. The van der Waals surface area contributed by atoms with Crippen molar-refractivity contribution in [2.24, 2.45) is 0 Å². The van der Waals surface area contributed by atoms with Crippen LogP contribution in [0.3, 0.4) is 0 Å². The third-order valence-electron chi connectivity index (χ3n) is 2.97. The minimum atomic E-state index is 0.634. The quantitative estimate of drug-likeness (QED) is 0.843. The fourth-order valence-corrected chi connectivity index (χ4v) is 2.12. The molecule has 1 N–H and O–H groups in total. The SMILES string of the molecule is COCCn1c(Cc2ccccc2C)n[nH]c1=S. The van der Waals surface area contributed by atoms with E-state index in [0.717, 1.165) is 18.8 Å². The lowest BCUT2D eigenvalue weighted by molar-refractivity contribution is 0.186. The van der Waals surface area contributed by atoms with Gasteiger partial charge in [0, 0.05) is 20.1 Å².